The number of hydrogen-bond acceptors (Lipinski definition) is 3. The normalized spacial score (nSPS) is 15.6. The van der Waals surface area contributed by atoms with E-state index in [1.807, 2.05) is 41.8 Å². The first-order valence-electron chi connectivity index (χ1n) is 7.56. The molecule has 0 spiro atoms. The zero-order valence-electron chi connectivity index (χ0n) is 12.6. The highest BCUT2D eigenvalue weighted by atomic mass is 32.2. The van der Waals surface area contributed by atoms with Crippen molar-refractivity contribution in [2.45, 2.75) is 26.5 Å². The molecular formula is C16H24N2O2S. The van der Waals surface area contributed by atoms with E-state index >= 15 is 0 Å². The Morgan fingerprint density at radius 3 is 2.90 bits per heavy atom. The van der Waals surface area contributed by atoms with Gasteiger partial charge in [0.25, 0.3) is 0 Å². The topological polar surface area (TPSA) is 41.6 Å². The molecule has 0 saturated carbocycles. The molecule has 0 unspecified atom stereocenters. The van der Waals surface area contributed by atoms with Crippen LogP contribution >= 0.6 is 11.8 Å². The molecule has 116 valence electrons. The fraction of sp³-hybridized carbons (Fsp3) is 0.562. The van der Waals surface area contributed by atoms with Crippen LogP contribution in [0.2, 0.25) is 0 Å². The SMILES string of the molecule is CCOCc1ccccc1CNC(=O)N1CCCSCC1. The molecule has 1 aliphatic heterocycles. The molecule has 1 fully saturated rings. The standard InChI is InChI=1S/C16H24N2O2S/c1-2-20-13-15-7-4-3-6-14(15)12-17-16(19)18-8-5-10-21-11-9-18/h3-4,6-7H,2,5,8-13H2,1H3,(H,17,19). The third-order valence-electron chi connectivity index (χ3n) is 3.52. The van der Waals surface area contributed by atoms with Gasteiger partial charge in [0.1, 0.15) is 0 Å². The van der Waals surface area contributed by atoms with E-state index in [1.165, 1.54) is 0 Å². The van der Waals surface area contributed by atoms with Crippen LogP contribution in [0.4, 0.5) is 4.79 Å². The molecule has 21 heavy (non-hydrogen) atoms. The molecule has 0 aliphatic carbocycles. The fourth-order valence-corrected chi connectivity index (χ4v) is 3.20. The Balaban J connectivity index is 1.88. The molecule has 0 radical (unpaired) electrons. The maximum absolute atomic E-state index is 12.2. The average Bonchev–Trinajstić information content (AvgIpc) is 2.80. The van der Waals surface area contributed by atoms with Crippen molar-refractivity contribution in [2.75, 3.05) is 31.2 Å². The summed E-state index contributed by atoms with van der Waals surface area (Å²) in [5, 5.41) is 3.04. The number of thioether (sulfide) groups is 1. The lowest BCUT2D eigenvalue weighted by Crippen LogP contribution is -2.40. The van der Waals surface area contributed by atoms with Gasteiger partial charge in [0.05, 0.1) is 6.61 Å². The number of nitrogens with one attached hydrogen (secondary N) is 1. The van der Waals surface area contributed by atoms with Crippen LogP contribution in [0.25, 0.3) is 0 Å². The highest BCUT2D eigenvalue weighted by Gasteiger charge is 2.15. The summed E-state index contributed by atoms with van der Waals surface area (Å²) in [5.41, 5.74) is 2.27. The number of nitrogens with zero attached hydrogens (tertiary/aromatic N) is 1. The van der Waals surface area contributed by atoms with E-state index in [1.54, 1.807) is 0 Å². The first kappa shape index (κ1) is 16.2. The van der Waals surface area contributed by atoms with Crippen molar-refractivity contribution in [2.24, 2.45) is 0 Å². The van der Waals surface area contributed by atoms with E-state index < -0.39 is 0 Å². The molecular weight excluding hydrogens is 284 g/mol. The number of hydrogen-bond donors (Lipinski definition) is 1. The second kappa shape index (κ2) is 8.95. The number of carbonyl (C=O) groups is 1. The maximum Gasteiger partial charge on any atom is 0.317 e. The lowest BCUT2D eigenvalue weighted by atomic mass is 10.1. The zero-order valence-corrected chi connectivity index (χ0v) is 13.5. The Kier molecular flexibility index (Phi) is 6.89. The molecule has 5 heteroatoms. The second-order valence-electron chi connectivity index (χ2n) is 5.02. The quantitative estimate of drug-likeness (QED) is 0.909. The molecule has 0 aromatic heterocycles. The molecule has 1 heterocycles. The minimum Gasteiger partial charge on any atom is -0.377 e. The van der Waals surface area contributed by atoms with Crippen LogP contribution in [-0.2, 0) is 17.9 Å². The van der Waals surface area contributed by atoms with E-state index in [2.05, 4.69) is 11.4 Å². The maximum atomic E-state index is 12.2. The van der Waals surface area contributed by atoms with Gasteiger partial charge in [0, 0.05) is 32.0 Å². The Morgan fingerprint density at radius 2 is 2.10 bits per heavy atom. The summed E-state index contributed by atoms with van der Waals surface area (Å²) in [6, 6.07) is 8.15. The van der Waals surface area contributed by atoms with Gasteiger partial charge < -0.3 is 15.0 Å². The Labute approximate surface area is 131 Å². The van der Waals surface area contributed by atoms with Crippen molar-refractivity contribution in [1.29, 1.82) is 0 Å². The average molecular weight is 308 g/mol. The van der Waals surface area contributed by atoms with Crippen molar-refractivity contribution < 1.29 is 9.53 Å². The van der Waals surface area contributed by atoms with Crippen LogP contribution < -0.4 is 5.32 Å². The minimum atomic E-state index is 0.0451. The number of rotatable bonds is 5. The summed E-state index contributed by atoms with van der Waals surface area (Å²) in [4.78, 5) is 14.1. The molecule has 1 saturated heterocycles. The van der Waals surface area contributed by atoms with E-state index in [0.717, 1.165) is 42.1 Å². The number of benzene rings is 1. The molecule has 1 aliphatic rings. The molecule has 4 nitrogen and oxygen atoms in total. The van der Waals surface area contributed by atoms with Gasteiger partial charge in [0.2, 0.25) is 0 Å². The molecule has 2 amide bonds. The van der Waals surface area contributed by atoms with Gasteiger partial charge in [-0.15, -0.1) is 0 Å². The monoisotopic (exact) mass is 308 g/mol. The molecule has 0 bridgehead atoms. The van der Waals surface area contributed by atoms with Crippen LogP contribution in [-0.4, -0.2) is 42.1 Å². The predicted octanol–water partition coefficient (Wildman–Crippen LogP) is 2.87. The summed E-state index contributed by atoms with van der Waals surface area (Å²) >= 11 is 1.92. The van der Waals surface area contributed by atoms with Crippen LogP contribution in [0.1, 0.15) is 24.5 Å². The second-order valence-corrected chi connectivity index (χ2v) is 6.24. The highest BCUT2D eigenvalue weighted by molar-refractivity contribution is 7.99. The number of urea groups is 1. The van der Waals surface area contributed by atoms with Crippen LogP contribution in [0.3, 0.4) is 0 Å². The largest absolute Gasteiger partial charge is 0.377 e. The number of carbonyl (C=O) groups excluding carboxylic acids is 1. The van der Waals surface area contributed by atoms with Crippen molar-refractivity contribution in [3.63, 3.8) is 0 Å². The Morgan fingerprint density at radius 1 is 1.29 bits per heavy atom. The molecule has 0 atom stereocenters. The predicted molar refractivity (Wildman–Crippen MR) is 87.5 cm³/mol. The van der Waals surface area contributed by atoms with Gasteiger partial charge in [-0.25, -0.2) is 4.79 Å². The van der Waals surface area contributed by atoms with Gasteiger partial charge in [-0.2, -0.15) is 11.8 Å². The first-order valence-corrected chi connectivity index (χ1v) is 8.71. The van der Waals surface area contributed by atoms with Gasteiger partial charge >= 0.3 is 6.03 Å². The van der Waals surface area contributed by atoms with Crippen molar-refractivity contribution in [1.82, 2.24) is 10.2 Å². The molecule has 1 aromatic carbocycles. The fourth-order valence-electron chi connectivity index (χ4n) is 2.31. The van der Waals surface area contributed by atoms with E-state index in [-0.39, 0.29) is 6.03 Å². The number of ether oxygens (including phenoxy) is 1. The Bertz CT molecular complexity index is 446. The van der Waals surface area contributed by atoms with Gasteiger partial charge in [-0.1, -0.05) is 24.3 Å². The lowest BCUT2D eigenvalue weighted by Gasteiger charge is -2.21. The summed E-state index contributed by atoms with van der Waals surface area (Å²) in [6.07, 6.45) is 1.08. The minimum absolute atomic E-state index is 0.0451. The number of amides is 2. The van der Waals surface area contributed by atoms with E-state index in [0.29, 0.717) is 19.8 Å². The van der Waals surface area contributed by atoms with Gasteiger partial charge in [-0.3, -0.25) is 0 Å². The van der Waals surface area contributed by atoms with Crippen LogP contribution in [0.5, 0.6) is 0 Å². The highest BCUT2D eigenvalue weighted by Crippen LogP contribution is 2.12. The summed E-state index contributed by atoms with van der Waals surface area (Å²) in [5.74, 6) is 2.19. The van der Waals surface area contributed by atoms with E-state index in [4.69, 9.17) is 4.74 Å². The lowest BCUT2D eigenvalue weighted by molar-refractivity contribution is 0.133. The summed E-state index contributed by atoms with van der Waals surface area (Å²) < 4.78 is 5.47. The first-order chi connectivity index (χ1) is 10.3. The molecule has 1 N–H and O–H groups in total. The summed E-state index contributed by atoms with van der Waals surface area (Å²) in [6.45, 7) is 5.55. The molecule has 1 aromatic rings. The van der Waals surface area contributed by atoms with Crippen LogP contribution in [0, 0.1) is 0 Å². The Hall–Kier alpha value is -1.20. The van der Waals surface area contributed by atoms with E-state index in [9.17, 15) is 4.79 Å². The van der Waals surface area contributed by atoms with Crippen molar-refractivity contribution in [3.05, 3.63) is 35.4 Å². The van der Waals surface area contributed by atoms with Crippen molar-refractivity contribution in [3.8, 4) is 0 Å². The van der Waals surface area contributed by atoms with Crippen molar-refractivity contribution >= 4 is 17.8 Å². The van der Waals surface area contributed by atoms with Gasteiger partial charge in [-0.05, 0) is 30.2 Å². The third-order valence-corrected chi connectivity index (χ3v) is 4.57. The van der Waals surface area contributed by atoms with Crippen LogP contribution in [0.15, 0.2) is 24.3 Å². The summed E-state index contributed by atoms with van der Waals surface area (Å²) in [7, 11) is 0. The smallest absolute Gasteiger partial charge is 0.317 e. The third kappa shape index (κ3) is 5.25. The zero-order chi connectivity index (χ0) is 14.9. The molecule has 2 rings (SSSR count). The van der Waals surface area contributed by atoms with Gasteiger partial charge in [0.15, 0.2) is 0 Å².